The molecule has 1 N–H and O–H groups in total. The predicted molar refractivity (Wildman–Crippen MR) is 63.5 cm³/mol. The Balaban J connectivity index is 2.30. The summed E-state index contributed by atoms with van der Waals surface area (Å²) in [6.07, 6.45) is 4.30. The molecule has 0 spiro atoms. The lowest BCUT2D eigenvalue weighted by molar-refractivity contribution is 0.276. The van der Waals surface area contributed by atoms with Crippen LogP contribution in [0.1, 0.15) is 44.1 Å². The highest BCUT2D eigenvalue weighted by Gasteiger charge is 2.17. The van der Waals surface area contributed by atoms with Gasteiger partial charge in [0.2, 0.25) is 0 Å². The summed E-state index contributed by atoms with van der Waals surface area (Å²) in [6, 6.07) is 0. The Labute approximate surface area is 96.3 Å². The Bertz CT molecular complexity index is 359. The van der Waals surface area contributed by atoms with Crippen molar-refractivity contribution in [3.8, 4) is 0 Å². The molecule has 0 saturated carbocycles. The molecule has 0 amide bonds. The van der Waals surface area contributed by atoms with E-state index in [0.717, 1.165) is 30.3 Å². The standard InChI is InChI=1S/C12H19N3O/c1-9(2)12-13-7-11(10(8-16)14-12)15-5-3-4-6-15/h7,9,16H,3-6,8H2,1-2H3. The second-order valence-electron chi connectivity index (χ2n) is 4.57. The molecule has 0 aliphatic carbocycles. The van der Waals surface area contributed by atoms with E-state index in [1.807, 2.05) is 6.20 Å². The minimum atomic E-state index is -0.00588. The van der Waals surface area contributed by atoms with Crippen LogP contribution in [0.4, 0.5) is 5.69 Å². The van der Waals surface area contributed by atoms with Crippen molar-refractivity contribution in [2.24, 2.45) is 0 Å². The molecule has 1 aromatic heterocycles. The van der Waals surface area contributed by atoms with E-state index in [-0.39, 0.29) is 6.61 Å². The molecule has 0 unspecified atom stereocenters. The maximum absolute atomic E-state index is 9.37. The van der Waals surface area contributed by atoms with E-state index >= 15 is 0 Å². The Morgan fingerprint density at radius 2 is 2.06 bits per heavy atom. The van der Waals surface area contributed by atoms with Crippen molar-refractivity contribution in [3.05, 3.63) is 17.7 Å². The largest absolute Gasteiger partial charge is 0.390 e. The summed E-state index contributed by atoms with van der Waals surface area (Å²) in [4.78, 5) is 11.1. The van der Waals surface area contributed by atoms with Gasteiger partial charge in [0.25, 0.3) is 0 Å². The van der Waals surface area contributed by atoms with E-state index in [1.54, 1.807) is 0 Å². The van der Waals surface area contributed by atoms with Crippen LogP contribution in [-0.2, 0) is 6.61 Å². The number of rotatable bonds is 3. The van der Waals surface area contributed by atoms with E-state index in [1.165, 1.54) is 12.8 Å². The molecule has 2 heterocycles. The van der Waals surface area contributed by atoms with Crippen LogP contribution in [0.5, 0.6) is 0 Å². The van der Waals surface area contributed by atoms with Crippen LogP contribution in [0.2, 0.25) is 0 Å². The second kappa shape index (κ2) is 4.78. The summed E-state index contributed by atoms with van der Waals surface area (Å²) in [5.41, 5.74) is 1.77. The summed E-state index contributed by atoms with van der Waals surface area (Å²) in [5, 5.41) is 9.37. The van der Waals surface area contributed by atoms with Crippen LogP contribution in [0.3, 0.4) is 0 Å². The van der Waals surface area contributed by atoms with Crippen LogP contribution in [-0.4, -0.2) is 28.2 Å². The molecule has 0 bridgehead atoms. The highest BCUT2D eigenvalue weighted by Crippen LogP contribution is 2.24. The molecule has 2 rings (SSSR count). The van der Waals surface area contributed by atoms with Crippen molar-refractivity contribution in [2.75, 3.05) is 18.0 Å². The van der Waals surface area contributed by atoms with Gasteiger partial charge in [0.1, 0.15) is 5.82 Å². The van der Waals surface area contributed by atoms with Gasteiger partial charge in [-0.15, -0.1) is 0 Å². The quantitative estimate of drug-likeness (QED) is 0.844. The number of aliphatic hydroxyl groups excluding tert-OH is 1. The van der Waals surface area contributed by atoms with E-state index in [0.29, 0.717) is 5.92 Å². The fourth-order valence-electron chi connectivity index (χ4n) is 2.04. The van der Waals surface area contributed by atoms with Crippen molar-refractivity contribution in [1.82, 2.24) is 9.97 Å². The van der Waals surface area contributed by atoms with Crippen LogP contribution in [0.25, 0.3) is 0 Å². The van der Waals surface area contributed by atoms with Crippen LogP contribution in [0.15, 0.2) is 6.20 Å². The molecule has 1 saturated heterocycles. The molecule has 1 aliphatic heterocycles. The number of aliphatic hydroxyl groups is 1. The van der Waals surface area contributed by atoms with E-state index < -0.39 is 0 Å². The van der Waals surface area contributed by atoms with Crippen LogP contribution in [0, 0.1) is 0 Å². The van der Waals surface area contributed by atoms with Gasteiger partial charge in [-0.05, 0) is 12.8 Å². The lowest BCUT2D eigenvalue weighted by Crippen LogP contribution is -2.21. The molecular weight excluding hydrogens is 202 g/mol. The number of nitrogens with zero attached hydrogens (tertiary/aromatic N) is 3. The van der Waals surface area contributed by atoms with Gasteiger partial charge in [-0.2, -0.15) is 0 Å². The minimum Gasteiger partial charge on any atom is -0.390 e. The van der Waals surface area contributed by atoms with Crippen LogP contribution < -0.4 is 4.90 Å². The van der Waals surface area contributed by atoms with E-state index in [9.17, 15) is 5.11 Å². The molecule has 1 aliphatic rings. The van der Waals surface area contributed by atoms with Crippen molar-refractivity contribution >= 4 is 5.69 Å². The Hall–Kier alpha value is -1.16. The van der Waals surface area contributed by atoms with Gasteiger partial charge in [0.15, 0.2) is 0 Å². The first-order chi connectivity index (χ1) is 7.72. The normalized spacial score (nSPS) is 16.1. The van der Waals surface area contributed by atoms with Crippen LogP contribution >= 0.6 is 0 Å². The molecule has 0 atom stereocenters. The van der Waals surface area contributed by atoms with Gasteiger partial charge in [-0.3, -0.25) is 0 Å². The zero-order valence-electron chi connectivity index (χ0n) is 9.98. The van der Waals surface area contributed by atoms with Crippen molar-refractivity contribution < 1.29 is 5.11 Å². The number of anilines is 1. The fourth-order valence-corrected chi connectivity index (χ4v) is 2.04. The van der Waals surface area contributed by atoms with Crippen molar-refractivity contribution in [3.63, 3.8) is 0 Å². The SMILES string of the molecule is CC(C)c1ncc(N2CCCC2)c(CO)n1. The zero-order chi connectivity index (χ0) is 11.5. The summed E-state index contributed by atoms with van der Waals surface area (Å²) in [5.74, 6) is 1.12. The van der Waals surface area contributed by atoms with Gasteiger partial charge < -0.3 is 10.0 Å². The first kappa shape index (κ1) is 11.3. The molecule has 1 fully saturated rings. The fraction of sp³-hybridized carbons (Fsp3) is 0.667. The smallest absolute Gasteiger partial charge is 0.131 e. The molecule has 4 heteroatoms. The molecule has 4 nitrogen and oxygen atoms in total. The molecule has 88 valence electrons. The summed E-state index contributed by atoms with van der Waals surface area (Å²) in [6.45, 7) is 6.22. The topological polar surface area (TPSA) is 49.2 Å². The Morgan fingerprint density at radius 3 is 2.62 bits per heavy atom. The maximum Gasteiger partial charge on any atom is 0.131 e. The summed E-state index contributed by atoms with van der Waals surface area (Å²) in [7, 11) is 0. The highest BCUT2D eigenvalue weighted by molar-refractivity contribution is 5.49. The van der Waals surface area contributed by atoms with Gasteiger partial charge >= 0.3 is 0 Å². The minimum absolute atomic E-state index is 0.00588. The zero-order valence-corrected chi connectivity index (χ0v) is 9.98. The monoisotopic (exact) mass is 221 g/mol. The number of hydrogen-bond donors (Lipinski definition) is 1. The van der Waals surface area contributed by atoms with E-state index in [4.69, 9.17) is 0 Å². The van der Waals surface area contributed by atoms with Crippen molar-refractivity contribution in [2.45, 2.75) is 39.2 Å². The second-order valence-corrected chi connectivity index (χ2v) is 4.57. The highest BCUT2D eigenvalue weighted by atomic mass is 16.3. The lowest BCUT2D eigenvalue weighted by Gasteiger charge is -2.20. The Kier molecular flexibility index (Phi) is 3.39. The predicted octanol–water partition coefficient (Wildman–Crippen LogP) is 1.69. The summed E-state index contributed by atoms with van der Waals surface area (Å²) < 4.78 is 0. The summed E-state index contributed by atoms with van der Waals surface area (Å²) >= 11 is 0. The Morgan fingerprint density at radius 1 is 1.38 bits per heavy atom. The van der Waals surface area contributed by atoms with Gasteiger partial charge in [-0.25, -0.2) is 9.97 Å². The van der Waals surface area contributed by atoms with E-state index in [2.05, 4.69) is 28.7 Å². The third kappa shape index (κ3) is 2.16. The maximum atomic E-state index is 9.37. The number of hydrogen-bond acceptors (Lipinski definition) is 4. The molecular formula is C12H19N3O. The number of aromatic nitrogens is 2. The lowest BCUT2D eigenvalue weighted by atomic mass is 10.2. The van der Waals surface area contributed by atoms with Gasteiger partial charge in [0.05, 0.1) is 24.2 Å². The third-order valence-corrected chi connectivity index (χ3v) is 2.98. The van der Waals surface area contributed by atoms with Crippen molar-refractivity contribution in [1.29, 1.82) is 0 Å². The third-order valence-electron chi connectivity index (χ3n) is 2.98. The average Bonchev–Trinajstić information content (AvgIpc) is 2.81. The first-order valence-corrected chi connectivity index (χ1v) is 5.94. The molecule has 1 aromatic rings. The van der Waals surface area contributed by atoms with Gasteiger partial charge in [-0.1, -0.05) is 13.8 Å². The molecule has 0 aromatic carbocycles. The first-order valence-electron chi connectivity index (χ1n) is 5.94. The molecule has 0 radical (unpaired) electrons. The molecule has 16 heavy (non-hydrogen) atoms. The average molecular weight is 221 g/mol. The van der Waals surface area contributed by atoms with Gasteiger partial charge in [0, 0.05) is 19.0 Å².